The lowest BCUT2D eigenvalue weighted by molar-refractivity contribution is -0.135. The third kappa shape index (κ3) is 5.53. The van der Waals surface area contributed by atoms with Crippen LogP contribution >= 0.6 is 0 Å². The van der Waals surface area contributed by atoms with Gasteiger partial charge in [0.25, 0.3) is 11.8 Å². The predicted molar refractivity (Wildman–Crippen MR) is 103 cm³/mol. The summed E-state index contributed by atoms with van der Waals surface area (Å²) in [6, 6.07) is 16.0. The lowest BCUT2D eigenvalue weighted by Gasteiger charge is -2.13. The summed E-state index contributed by atoms with van der Waals surface area (Å²) in [4.78, 5) is 25.0. The standard InChI is InChI=1S/C20H18N4O4/c25-19(23-21-13-16-8-4-10-27-16)18(12-15-6-2-1-3-7-15)20(26)24-22-14-17-9-5-11-28-17/h1-11,13-14,18H,12H2,(H,23,25)(H,24,26)/b21-13+,22-14+. The Balaban J connectivity index is 1.66. The Kier molecular flexibility index (Phi) is 6.51. The summed E-state index contributed by atoms with van der Waals surface area (Å²) in [6.07, 6.45) is 5.89. The number of furan rings is 2. The minimum Gasteiger partial charge on any atom is -0.463 e. The zero-order chi connectivity index (χ0) is 19.6. The maximum atomic E-state index is 12.5. The molecule has 2 amide bonds. The zero-order valence-corrected chi connectivity index (χ0v) is 14.8. The fourth-order valence-electron chi connectivity index (χ4n) is 2.36. The van der Waals surface area contributed by atoms with E-state index in [1.807, 2.05) is 30.3 Å². The molecule has 0 unspecified atom stereocenters. The first-order valence-corrected chi connectivity index (χ1v) is 8.49. The van der Waals surface area contributed by atoms with Crippen LogP contribution in [0, 0.1) is 5.92 Å². The summed E-state index contributed by atoms with van der Waals surface area (Å²) < 4.78 is 10.2. The van der Waals surface area contributed by atoms with Crippen molar-refractivity contribution in [3.63, 3.8) is 0 Å². The van der Waals surface area contributed by atoms with Crippen molar-refractivity contribution in [1.82, 2.24) is 10.9 Å². The summed E-state index contributed by atoms with van der Waals surface area (Å²) in [5.74, 6) is -1.18. The molecular weight excluding hydrogens is 360 g/mol. The maximum absolute atomic E-state index is 12.5. The predicted octanol–water partition coefficient (Wildman–Crippen LogP) is 2.33. The molecule has 0 spiro atoms. The van der Waals surface area contributed by atoms with Crippen molar-refractivity contribution in [2.24, 2.45) is 16.1 Å². The molecule has 0 radical (unpaired) electrons. The Hall–Kier alpha value is -3.94. The number of nitrogens with zero attached hydrogens (tertiary/aromatic N) is 2. The first-order valence-electron chi connectivity index (χ1n) is 8.49. The fraction of sp³-hybridized carbons (Fsp3) is 0.100. The van der Waals surface area contributed by atoms with Gasteiger partial charge in [-0.3, -0.25) is 9.59 Å². The van der Waals surface area contributed by atoms with Crippen molar-refractivity contribution < 1.29 is 18.4 Å². The molecule has 0 saturated heterocycles. The molecule has 0 atom stereocenters. The van der Waals surface area contributed by atoms with Gasteiger partial charge in [-0.15, -0.1) is 0 Å². The van der Waals surface area contributed by atoms with Crippen molar-refractivity contribution in [3.05, 3.63) is 84.2 Å². The number of carbonyl (C=O) groups excluding carboxylic acids is 2. The Morgan fingerprint density at radius 1 is 0.821 bits per heavy atom. The molecule has 28 heavy (non-hydrogen) atoms. The van der Waals surface area contributed by atoms with Crippen LogP contribution in [0.25, 0.3) is 0 Å². The highest BCUT2D eigenvalue weighted by atomic mass is 16.3. The second kappa shape index (κ2) is 9.67. The van der Waals surface area contributed by atoms with Gasteiger partial charge in [-0.05, 0) is 36.2 Å². The Labute approximate surface area is 160 Å². The quantitative estimate of drug-likeness (QED) is 0.356. The van der Waals surface area contributed by atoms with E-state index >= 15 is 0 Å². The lowest BCUT2D eigenvalue weighted by Crippen LogP contribution is -2.39. The maximum Gasteiger partial charge on any atom is 0.253 e. The summed E-state index contributed by atoms with van der Waals surface area (Å²) in [7, 11) is 0. The van der Waals surface area contributed by atoms with E-state index in [1.165, 1.54) is 25.0 Å². The molecule has 0 aliphatic heterocycles. The van der Waals surface area contributed by atoms with E-state index in [0.29, 0.717) is 11.5 Å². The molecule has 2 heterocycles. The molecule has 0 bridgehead atoms. The largest absolute Gasteiger partial charge is 0.463 e. The van der Waals surface area contributed by atoms with E-state index in [-0.39, 0.29) is 6.42 Å². The summed E-state index contributed by atoms with van der Waals surface area (Å²) in [5, 5.41) is 7.66. The number of hydrazone groups is 2. The average Bonchev–Trinajstić information content (AvgIpc) is 3.41. The third-order valence-corrected chi connectivity index (χ3v) is 3.74. The van der Waals surface area contributed by atoms with Crippen molar-refractivity contribution in [3.8, 4) is 0 Å². The molecule has 8 nitrogen and oxygen atoms in total. The van der Waals surface area contributed by atoms with Gasteiger partial charge in [0.05, 0.1) is 25.0 Å². The Bertz CT molecular complexity index is 874. The van der Waals surface area contributed by atoms with Crippen molar-refractivity contribution in [2.45, 2.75) is 6.42 Å². The second-order valence-corrected chi connectivity index (χ2v) is 5.74. The van der Waals surface area contributed by atoms with E-state index in [0.717, 1.165) is 5.56 Å². The van der Waals surface area contributed by atoms with E-state index in [1.54, 1.807) is 24.3 Å². The van der Waals surface area contributed by atoms with E-state index in [9.17, 15) is 9.59 Å². The molecule has 3 rings (SSSR count). The van der Waals surface area contributed by atoms with Crippen LogP contribution in [0.1, 0.15) is 17.1 Å². The number of hydrogen-bond donors (Lipinski definition) is 2. The normalized spacial score (nSPS) is 11.3. The molecule has 0 fully saturated rings. The van der Waals surface area contributed by atoms with Crippen LogP contribution in [-0.4, -0.2) is 24.2 Å². The zero-order valence-electron chi connectivity index (χ0n) is 14.8. The van der Waals surface area contributed by atoms with Crippen LogP contribution in [-0.2, 0) is 16.0 Å². The van der Waals surface area contributed by atoms with Gasteiger partial charge in [0.2, 0.25) is 0 Å². The van der Waals surface area contributed by atoms with Gasteiger partial charge in [0.1, 0.15) is 17.4 Å². The van der Waals surface area contributed by atoms with E-state index in [4.69, 9.17) is 8.83 Å². The fourth-order valence-corrected chi connectivity index (χ4v) is 2.36. The van der Waals surface area contributed by atoms with Gasteiger partial charge < -0.3 is 8.83 Å². The van der Waals surface area contributed by atoms with Gasteiger partial charge in [-0.2, -0.15) is 10.2 Å². The van der Waals surface area contributed by atoms with E-state index in [2.05, 4.69) is 21.1 Å². The van der Waals surface area contributed by atoms with Crippen molar-refractivity contribution in [1.29, 1.82) is 0 Å². The topological polar surface area (TPSA) is 109 Å². The molecule has 2 N–H and O–H groups in total. The first-order chi connectivity index (χ1) is 13.7. The number of amides is 2. The molecular formula is C20H18N4O4. The number of carbonyl (C=O) groups is 2. The van der Waals surface area contributed by atoms with Crippen LogP contribution < -0.4 is 10.9 Å². The average molecular weight is 378 g/mol. The third-order valence-electron chi connectivity index (χ3n) is 3.74. The van der Waals surface area contributed by atoms with Crippen molar-refractivity contribution >= 4 is 24.2 Å². The minimum absolute atomic E-state index is 0.199. The number of hydrogen-bond acceptors (Lipinski definition) is 6. The van der Waals surface area contributed by atoms with Crippen molar-refractivity contribution in [2.75, 3.05) is 0 Å². The number of nitrogens with one attached hydrogen (secondary N) is 2. The molecule has 142 valence electrons. The number of rotatable bonds is 8. The molecule has 8 heteroatoms. The second-order valence-electron chi connectivity index (χ2n) is 5.74. The summed E-state index contributed by atoms with van der Waals surface area (Å²) in [6.45, 7) is 0. The highest BCUT2D eigenvalue weighted by Gasteiger charge is 2.26. The van der Waals surface area contributed by atoms with Crippen LogP contribution in [0.2, 0.25) is 0 Å². The summed E-state index contributed by atoms with van der Waals surface area (Å²) in [5.41, 5.74) is 5.57. The Morgan fingerprint density at radius 3 is 1.82 bits per heavy atom. The molecule has 0 aliphatic rings. The molecule has 0 aliphatic carbocycles. The highest BCUT2D eigenvalue weighted by molar-refractivity contribution is 6.01. The van der Waals surface area contributed by atoms with Crippen LogP contribution in [0.5, 0.6) is 0 Å². The van der Waals surface area contributed by atoms with Gasteiger partial charge in [-0.25, -0.2) is 10.9 Å². The van der Waals surface area contributed by atoms with E-state index < -0.39 is 17.7 Å². The Morgan fingerprint density at radius 2 is 1.36 bits per heavy atom. The van der Waals surface area contributed by atoms with Gasteiger partial charge in [0.15, 0.2) is 0 Å². The van der Waals surface area contributed by atoms with Gasteiger partial charge in [0, 0.05) is 0 Å². The SMILES string of the molecule is O=C(N/N=C/c1ccco1)C(Cc1ccccc1)C(=O)N/N=C/c1ccco1. The van der Waals surface area contributed by atoms with Crippen LogP contribution in [0.15, 0.2) is 86.2 Å². The minimum atomic E-state index is -1.02. The summed E-state index contributed by atoms with van der Waals surface area (Å²) >= 11 is 0. The van der Waals surface area contributed by atoms with Gasteiger partial charge >= 0.3 is 0 Å². The lowest BCUT2D eigenvalue weighted by atomic mass is 9.98. The van der Waals surface area contributed by atoms with Crippen LogP contribution in [0.4, 0.5) is 0 Å². The molecule has 0 saturated carbocycles. The molecule has 2 aromatic heterocycles. The van der Waals surface area contributed by atoms with Crippen LogP contribution in [0.3, 0.4) is 0 Å². The molecule has 3 aromatic rings. The van der Waals surface area contributed by atoms with Gasteiger partial charge in [-0.1, -0.05) is 30.3 Å². The molecule has 1 aromatic carbocycles. The monoisotopic (exact) mass is 378 g/mol. The number of benzene rings is 1. The first kappa shape index (κ1) is 18.8. The highest BCUT2D eigenvalue weighted by Crippen LogP contribution is 2.10. The smallest absolute Gasteiger partial charge is 0.253 e.